The van der Waals surface area contributed by atoms with Crippen LogP contribution >= 0.6 is 0 Å². The summed E-state index contributed by atoms with van der Waals surface area (Å²) < 4.78 is 52.2. The summed E-state index contributed by atoms with van der Waals surface area (Å²) in [6.45, 7) is 3.77. The van der Waals surface area contributed by atoms with Gasteiger partial charge in [-0.05, 0) is 56.7 Å². The first kappa shape index (κ1) is 30.2. The summed E-state index contributed by atoms with van der Waals surface area (Å²) in [4.78, 5) is 47.2. The van der Waals surface area contributed by atoms with E-state index in [1.54, 1.807) is 19.1 Å². The Labute approximate surface area is 258 Å². The van der Waals surface area contributed by atoms with Crippen LogP contribution in [0, 0.1) is 12.7 Å². The van der Waals surface area contributed by atoms with Crippen LogP contribution in [0.2, 0.25) is 0 Å². The molecule has 6 rings (SSSR count). The number of benzene rings is 2. The molecular formula is C31H26F3N7O5. The van der Waals surface area contributed by atoms with E-state index in [0.29, 0.717) is 22.2 Å². The van der Waals surface area contributed by atoms with Crippen LogP contribution in [-0.4, -0.2) is 56.0 Å². The number of ketones is 1. The number of aryl methyl sites for hydroxylation is 1. The molecule has 1 aliphatic rings. The Hall–Kier alpha value is -5.86. The third-order valence-electron chi connectivity index (χ3n) is 7.30. The molecular weight excluding hydrogens is 607 g/mol. The maximum atomic E-state index is 14.0. The van der Waals surface area contributed by atoms with Gasteiger partial charge >= 0.3 is 6.03 Å². The summed E-state index contributed by atoms with van der Waals surface area (Å²) in [5, 5.41) is 7.19. The van der Waals surface area contributed by atoms with Gasteiger partial charge in [-0.1, -0.05) is 12.1 Å². The zero-order chi connectivity index (χ0) is 32.9. The second-order valence-corrected chi connectivity index (χ2v) is 11.0. The van der Waals surface area contributed by atoms with Crippen molar-refractivity contribution in [1.29, 1.82) is 0 Å². The van der Waals surface area contributed by atoms with Gasteiger partial charge in [0.05, 0.1) is 35.0 Å². The number of H-pyrrole nitrogens is 1. The van der Waals surface area contributed by atoms with Crippen molar-refractivity contribution in [3.8, 4) is 23.1 Å². The predicted octanol–water partition coefficient (Wildman–Crippen LogP) is 5.28. The minimum absolute atomic E-state index is 0.000427. The van der Waals surface area contributed by atoms with Crippen LogP contribution < -0.4 is 25.4 Å². The van der Waals surface area contributed by atoms with Gasteiger partial charge in [0.25, 0.3) is 12.3 Å². The summed E-state index contributed by atoms with van der Waals surface area (Å²) >= 11 is 0. The molecule has 3 amide bonds. The van der Waals surface area contributed by atoms with Crippen molar-refractivity contribution in [2.45, 2.75) is 32.7 Å². The molecule has 12 nitrogen and oxygen atoms in total. The van der Waals surface area contributed by atoms with E-state index in [2.05, 4.69) is 20.4 Å². The van der Waals surface area contributed by atoms with E-state index in [4.69, 9.17) is 15.2 Å². The van der Waals surface area contributed by atoms with E-state index in [1.807, 2.05) is 0 Å². The molecule has 15 heteroatoms. The van der Waals surface area contributed by atoms with Crippen molar-refractivity contribution in [3.63, 3.8) is 0 Å². The fourth-order valence-corrected chi connectivity index (χ4v) is 4.99. The number of ether oxygens (including phenoxy) is 2. The van der Waals surface area contributed by atoms with Crippen molar-refractivity contribution >= 4 is 40.1 Å². The fraction of sp³-hybridized carbons (Fsp3) is 0.194. The Morgan fingerprint density at radius 1 is 1.07 bits per heavy atom. The van der Waals surface area contributed by atoms with Crippen molar-refractivity contribution in [2.24, 2.45) is 0 Å². The summed E-state index contributed by atoms with van der Waals surface area (Å²) in [7, 11) is 0. The Kier molecular flexibility index (Phi) is 7.38. The highest BCUT2D eigenvalue weighted by Gasteiger charge is 2.46. The Morgan fingerprint density at radius 3 is 2.50 bits per heavy atom. The van der Waals surface area contributed by atoms with Crippen LogP contribution in [0.25, 0.3) is 16.6 Å². The molecule has 0 saturated carbocycles. The molecule has 1 fully saturated rings. The highest BCUT2D eigenvalue weighted by atomic mass is 19.3. The monoisotopic (exact) mass is 633 g/mol. The summed E-state index contributed by atoms with van der Waals surface area (Å²) in [6, 6.07) is 10.9. The van der Waals surface area contributed by atoms with Crippen LogP contribution in [-0.2, 0) is 4.79 Å². The number of halogens is 3. The van der Waals surface area contributed by atoms with Crippen LogP contribution in [0.15, 0.2) is 60.9 Å². The van der Waals surface area contributed by atoms with Crippen LogP contribution in [0.3, 0.4) is 0 Å². The number of rotatable bonds is 9. The number of pyridine rings is 1. The average molecular weight is 634 g/mol. The molecule has 2 aromatic carbocycles. The lowest BCUT2D eigenvalue weighted by atomic mass is 10.1. The van der Waals surface area contributed by atoms with Crippen LogP contribution in [0.1, 0.15) is 35.5 Å². The first-order valence-corrected chi connectivity index (χ1v) is 13.9. The van der Waals surface area contributed by atoms with Gasteiger partial charge in [0.2, 0.25) is 11.7 Å². The molecule has 0 aliphatic carbocycles. The van der Waals surface area contributed by atoms with Gasteiger partial charge in [0.15, 0.2) is 11.6 Å². The largest absolute Gasteiger partial charge is 0.485 e. The number of para-hydroxylation sites is 1. The first-order chi connectivity index (χ1) is 21.8. The van der Waals surface area contributed by atoms with Crippen molar-refractivity contribution in [3.05, 3.63) is 83.6 Å². The molecule has 3 aromatic heterocycles. The third kappa shape index (κ3) is 5.35. The molecule has 4 N–H and O–H groups in total. The fourth-order valence-electron chi connectivity index (χ4n) is 4.99. The maximum absolute atomic E-state index is 14.0. The minimum Gasteiger partial charge on any atom is -0.485 e. The van der Waals surface area contributed by atoms with Gasteiger partial charge in [-0.25, -0.2) is 32.5 Å². The van der Waals surface area contributed by atoms with Gasteiger partial charge in [0, 0.05) is 17.0 Å². The number of aromatic amines is 1. The number of alkyl halides is 2. The van der Waals surface area contributed by atoms with Crippen molar-refractivity contribution in [1.82, 2.24) is 25.1 Å². The minimum atomic E-state index is -2.82. The zero-order valence-electron chi connectivity index (χ0n) is 24.6. The Morgan fingerprint density at radius 2 is 1.83 bits per heavy atom. The number of hydrogen-bond acceptors (Lipinski definition) is 8. The lowest BCUT2D eigenvalue weighted by Crippen LogP contribution is -2.40. The number of amides is 3. The standard InChI is InChI=1S/C31H26F3N7O5/c1-15-8-26(46-23-7-5-4-6-18(23)32)36-13-22(15)41-28(35)17(12-37-41)27(42)20-9-16-10-24(45-14-25(33)34)21(11-19(16)38-20)40-29(43)31(2,3)39-30(40)44/h4-13,25,38H,14,35H2,1-3H3,(H,39,44). The van der Waals surface area contributed by atoms with Gasteiger partial charge in [0.1, 0.15) is 23.7 Å². The number of nitrogens with zero attached hydrogens (tertiary/aromatic N) is 4. The molecule has 5 aromatic rings. The second-order valence-electron chi connectivity index (χ2n) is 11.0. The van der Waals surface area contributed by atoms with Gasteiger partial charge < -0.3 is 25.5 Å². The van der Waals surface area contributed by atoms with E-state index in [-0.39, 0.29) is 40.1 Å². The number of fused-ring (bicyclic) bond motifs is 1. The number of carbonyl (C=O) groups is 3. The first-order valence-electron chi connectivity index (χ1n) is 13.9. The third-order valence-corrected chi connectivity index (χ3v) is 7.30. The summed E-state index contributed by atoms with van der Waals surface area (Å²) in [6.07, 6.45) is -0.115. The molecule has 4 heterocycles. The summed E-state index contributed by atoms with van der Waals surface area (Å²) in [5.74, 6) is -1.71. The number of anilines is 2. The number of urea groups is 1. The Bertz CT molecular complexity index is 2040. The van der Waals surface area contributed by atoms with E-state index < -0.39 is 42.1 Å². The number of hydrogen-bond donors (Lipinski definition) is 3. The smallest absolute Gasteiger partial charge is 0.329 e. The normalized spacial score (nSPS) is 14.3. The topological polar surface area (TPSA) is 157 Å². The van der Waals surface area contributed by atoms with E-state index in [0.717, 1.165) is 4.90 Å². The van der Waals surface area contributed by atoms with Gasteiger partial charge in [-0.15, -0.1) is 0 Å². The number of nitrogens with one attached hydrogen (secondary N) is 2. The van der Waals surface area contributed by atoms with E-state index in [1.165, 1.54) is 67.3 Å². The predicted molar refractivity (Wildman–Crippen MR) is 160 cm³/mol. The lowest BCUT2D eigenvalue weighted by Gasteiger charge is -2.19. The lowest BCUT2D eigenvalue weighted by molar-refractivity contribution is -0.121. The highest BCUT2D eigenvalue weighted by Crippen LogP contribution is 2.37. The molecule has 0 atom stereocenters. The Balaban J connectivity index is 1.31. The van der Waals surface area contributed by atoms with Crippen LogP contribution in [0.5, 0.6) is 17.4 Å². The van der Waals surface area contributed by atoms with Gasteiger partial charge in [-0.2, -0.15) is 5.10 Å². The van der Waals surface area contributed by atoms with Crippen molar-refractivity contribution < 1.29 is 37.0 Å². The maximum Gasteiger partial charge on any atom is 0.329 e. The molecule has 0 radical (unpaired) electrons. The molecule has 0 bridgehead atoms. The van der Waals surface area contributed by atoms with Gasteiger partial charge in [-0.3, -0.25) is 9.59 Å². The van der Waals surface area contributed by atoms with Crippen LogP contribution in [0.4, 0.5) is 29.5 Å². The molecule has 46 heavy (non-hydrogen) atoms. The molecule has 0 spiro atoms. The highest BCUT2D eigenvalue weighted by molar-refractivity contribution is 6.24. The molecule has 1 aliphatic heterocycles. The van der Waals surface area contributed by atoms with Crippen molar-refractivity contribution in [2.75, 3.05) is 17.2 Å². The quantitative estimate of drug-likeness (QED) is 0.146. The number of nitrogen functional groups attached to an aromatic ring is 1. The number of aromatic nitrogens is 4. The molecule has 0 unspecified atom stereocenters. The van der Waals surface area contributed by atoms with E-state index in [9.17, 15) is 27.6 Å². The zero-order valence-corrected chi connectivity index (χ0v) is 24.6. The van der Waals surface area contributed by atoms with E-state index >= 15 is 0 Å². The summed E-state index contributed by atoms with van der Waals surface area (Å²) in [5.41, 5.74) is 6.54. The average Bonchev–Trinajstić information content (AvgIpc) is 3.65. The number of imide groups is 1. The second kappa shape index (κ2) is 11.3. The SMILES string of the molecule is Cc1cc(Oc2ccccc2F)ncc1-n1ncc(C(=O)c2cc3cc(OCC(F)F)c(N4C(=O)NC(C)(C)C4=O)cc3[nH]2)c1N. The molecule has 236 valence electrons. The number of nitrogens with two attached hydrogens (primary N) is 1. The number of carbonyl (C=O) groups excluding carboxylic acids is 3. The molecule has 1 saturated heterocycles.